The van der Waals surface area contributed by atoms with Gasteiger partial charge in [0.1, 0.15) is 5.82 Å². The van der Waals surface area contributed by atoms with Crippen LogP contribution in [0, 0.1) is 0 Å². The van der Waals surface area contributed by atoms with Crippen LogP contribution in [0.25, 0.3) is 10.8 Å². The summed E-state index contributed by atoms with van der Waals surface area (Å²) in [6, 6.07) is 24.4. The molecule has 0 amide bonds. The van der Waals surface area contributed by atoms with E-state index in [1.54, 1.807) is 0 Å². The Labute approximate surface area is 198 Å². The van der Waals surface area contributed by atoms with Crippen LogP contribution in [0.2, 0.25) is 0 Å². The van der Waals surface area contributed by atoms with Crippen molar-refractivity contribution in [2.75, 3.05) is 18.8 Å². The van der Waals surface area contributed by atoms with Crippen molar-refractivity contribution in [2.45, 2.75) is 37.5 Å². The Morgan fingerprint density at radius 3 is 2.39 bits per heavy atom. The average Bonchev–Trinajstić information content (AvgIpc) is 3.24. The van der Waals surface area contributed by atoms with Crippen molar-refractivity contribution in [1.29, 1.82) is 0 Å². The van der Waals surface area contributed by atoms with Gasteiger partial charge < -0.3 is 4.57 Å². The second-order valence-corrected chi connectivity index (χ2v) is 9.52. The number of carbonyl (C=O) groups is 1. The van der Waals surface area contributed by atoms with Crippen molar-refractivity contribution in [2.24, 2.45) is 0 Å². The van der Waals surface area contributed by atoms with Gasteiger partial charge in [0.25, 0.3) is 0 Å². The number of thioether (sulfide) groups is 1. The number of hydrogen-bond acceptors (Lipinski definition) is 5. The van der Waals surface area contributed by atoms with E-state index in [1.807, 2.05) is 42.5 Å². The molecule has 4 aromatic rings. The smallest absolute Gasteiger partial charge is 0.192 e. The minimum Gasteiger partial charge on any atom is -0.300 e. The van der Waals surface area contributed by atoms with Gasteiger partial charge in [0.15, 0.2) is 10.9 Å². The van der Waals surface area contributed by atoms with Gasteiger partial charge in [0, 0.05) is 5.56 Å². The minimum absolute atomic E-state index is 0.109. The maximum Gasteiger partial charge on any atom is 0.192 e. The van der Waals surface area contributed by atoms with Crippen molar-refractivity contribution in [1.82, 2.24) is 19.7 Å². The molecule has 1 aliphatic heterocycles. The first-order chi connectivity index (χ1) is 16.3. The van der Waals surface area contributed by atoms with Crippen LogP contribution in [0.5, 0.6) is 0 Å². The zero-order chi connectivity index (χ0) is 22.5. The van der Waals surface area contributed by atoms with Crippen molar-refractivity contribution in [3.63, 3.8) is 0 Å². The molecule has 3 aromatic carbocycles. The van der Waals surface area contributed by atoms with Crippen molar-refractivity contribution in [3.8, 4) is 0 Å². The maximum absolute atomic E-state index is 13.0. The Morgan fingerprint density at radius 1 is 0.818 bits per heavy atom. The summed E-state index contributed by atoms with van der Waals surface area (Å²) in [6.07, 6.45) is 3.80. The Morgan fingerprint density at radius 2 is 1.58 bits per heavy atom. The molecule has 0 bridgehead atoms. The van der Waals surface area contributed by atoms with Gasteiger partial charge in [-0.25, -0.2) is 0 Å². The van der Waals surface area contributed by atoms with Gasteiger partial charge in [0.05, 0.1) is 18.8 Å². The second-order valence-electron chi connectivity index (χ2n) is 8.58. The summed E-state index contributed by atoms with van der Waals surface area (Å²) in [4.78, 5) is 15.4. The summed E-state index contributed by atoms with van der Waals surface area (Å²) in [6.45, 7) is 3.74. The number of aromatic nitrogens is 3. The first-order valence-electron chi connectivity index (χ1n) is 11.6. The van der Waals surface area contributed by atoms with Gasteiger partial charge in [-0.3, -0.25) is 9.69 Å². The molecule has 0 saturated carbocycles. The first kappa shape index (κ1) is 21.9. The van der Waals surface area contributed by atoms with Crippen molar-refractivity contribution in [3.05, 3.63) is 89.7 Å². The zero-order valence-corrected chi connectivity index (χ0v) is 19.5. The number of nitrogens with zero attached hydrogens (tertiary/aromatic N) is 4. The summed E-state index contributed by atoms with van der Waals surface area (Å²) in [5.41, 5.74) is 1.95. The van der Waals surface area contributed by atoms with Gasteiger partial charge in [-0.1, -0.05) is 84.9 Å². The predicted molar refractivity (Wildman–Crippen MR) is 134 cm³/mol. The highest BCUT2D eigenvalue weighted by atomic mass is 32.2. The first-order valence-corrected chi connectivity index (χ1v) is 12.6. The molecule has 0 atom stereocenters. The van der Waals surface area contributed by atoms with Crippen LogP contribution in [0.1, 0.15) is 41.0 Å². The van der Waals surface area contributed by atoms with E-state index in [4.69, 9.17) is 0 Å². The Balaban J connectivity index is 1.34. The van der Waals surface area contributed by atoms with Gasteiger partial charge >= 0.3 is 0 Å². The Bertz CT molecular complexity index is 1230. The normalized spacial score (nSPS) is 14.5. The molecule has 0 spiro atoms. The number of piperidine rings is 1. The molecule has 1 saturated heterocycles. The van der Waals surface area contributed by atoms with Crippen LogP contribution in [0.15, 0.2) is 78.0 Å². The quantitative estimate of drug-likeness (QED) is 0.261. The third-order valence-electron chi connectivity index (χ3n) is 6.19. The Kier molecular flexibility index (Phi) is 6.84. The zero-order valence-electron chi connectivity index (χ0n) is 18.7. The summed E-state index contributed by atoms with van der Waals surface area (Å²) >= 11 is 1.48. The highest BCUT2D eigenvalue weighted by Crippen LogP contribution is 2.23. The number of benzene rings is 3. The van der Waals surface area contributed by atoms with Gasteiger partial charge in [-0.05, 0) is 48.3 Å². The molecule has 1 aliphatic rings. The van der Waals surface area contributed by atoms with Crippen LogP contribution < -0.4 is 0 Å². The second kappa shape index (κ2) is 10.3. The van der Waals surface area contributed by atoms with Crippen LogP contribution >= 0.6 is 11.8 Å². The fourth-order valence-electron chi connectivity index (χ4n) is 4.36. The summed E-state index contributed by atoms with van der Waals surface area (Å²) in [5.74, 6) is 1.42. The molecule has 33 heavy (non-hydrogen) atoms. The molecule has 5 rings (SSSR count). The fraction of sp³-hybridized carbons (Fsp3) is 0.296. The SMILES string of the molecule is O=C(CSc1nnc(CN2CCCCC2)n1Cc1ccccc1)c1ccc2ccccc2c1. The molecule has 168 valence electrons. The highest BCUT2D eigenvalue weighted by molar-refractivity contribution is 7.99. The summed E-state index contributed by atoms with van der Waals surface area (Å²) in [5, 5.41) is 12.1. The van der Waals surface area contributed by atoms with Crippen LogP contribution in [0.3, 0.4) is 0 Å². The topological polar surface area (TPSA) is 51.0 Å². The van der Waals surface area contributed by atoms with E-state index >= 15 is 0 Å². The molecular formula is C27H28N4OS. The van der Waals surface area contributed by atoms with Crippen LogP contribution in [-0.4, -0.2) is 44.3 Å². The van der Waals surface area contributed by atoms with Crippen molar-refractivity contribution >= 4 is 28.3 Å². The molecule has 0 N–H and O–H groups in total. The lowest BCUT2D eigenvalue weighted by atomic mass is 10.1. The van der Waals surface area contributed by atoms with Gasteiger partial charge in [-0.2, -0.15) is 0 Å². The van der Waals surface area contributed by atoms with Gasteiger partial charge in [0.2, 0.25) is 0 Å². The lowest BCUT2D eigenvalue weighted by Gasteiger charge is -2.26. The number of carbonyl (C=O) groups excluding carboxylic acids is 1. The van der Waals surface area contributed by atoms with E-state index in [-0.39, 0.29) is 5.78 Å². The van der Waals surface area contributed by atoms with E-state index in [9.17, 15) is 4.79 Å². The lowest BCUT2D eigenvalue weighted by Crippen LogP contribution is -2.30. The molecular weight excluding hydrogens is 428 g/mol. The monoisotopic (exact) mass is 456 g/mol. The van der Waals surface area contributed by atoms with E-state index in [0.29, 0.717) is 12.3 Å². The lowest BCUT2D eigenvalue weighted by molar-refractivity contribution is 0.102. The standard InChI is InChI=1S/C27H28N4OS/c32-25(24-14-13-22-11-5-6-12-23(22)17-24)20-33-27-29-28-26(19-30-15-7-2-8-16-30)31(27)18-21-9-3-1-4-10-21/h1,3-6,9-14,17H,2,7-8,15-16,18-20H2. The van der Waals surface area contributed by atoms with E-state index < -0.39 is 0 Å². The molecule has 0 unspecified atom stereocenters. The maximum atomic E-state index is 13.0. The van der Waals surface area contributed by atoms with Crippen molar-refractivity contribution < 1.29 is 4.79 Å². The Hall–Kier alpha value is -2.96. The number of hydrogen-bond donors (Lipinski definition) is 0. The van der Waals surface area contributed by atoms with E-state index in [1.165, 1.54) is 36.6 Å². The fourth-order valence-corrected chi connectivity index (χ4v) is 5.21. The third kappa shape index (κ3) is 5.34. The minimum atomic E-state index is 0.109. The van der Waals surface area contributed by atoms with E-state index in [2.05, 4.69) is 50.0 Å². The predicted octanol–water partition coefficient (Wildman–Crippen LogP) is 5.44. The number of Topliss-reactive ketones (excluding diaryl/α,β-unsaturated/α-hetero) is 1. The molecule has 5 nitrogen and oxygen atoms in total. The molecule has 1 fully saturated rings. The number of fused-ring (bicyclic) bond motifs is 1. The van der Waals surface area contributed by atoms with E-state index in [0.717, 1.165) is 47.0 Å². The molecule has 6 heteroatoms. The van der Waals surface area contributed by atoms with Crippen LogP contribution in [-0.2, 0) is 13.1 Å². The average molecular weight is 457 g/mol. The molecule has 0 aliphatic carbocycles. The van der Waals surface area contributed by atoms with Crippen LogP contribution in [0.4, 0.5) is 0 Å². The third-order valence-corrected chi connectivity index (χ3v) is 7.16. The highest BCUT2D eigenvalue weighted by Gasteiger charge is 2.19. The largest absolute Gasteiger partial charge is 0.300 e. The molecule has 1 aromatic heterocycles. The summed E-state index contributed by atoms with van der Waals surface area (Å²) < 4.78 is 2.18. The number of likely N-dealkylation sites (tertiary alicyclic amines) is 1. The molecule has 0 radical (unpaired) electrons. The number of rotatable bonds is 8. The molecule has 2 heterocycles. The van der Waals surface area contributed by atoms with Gasteiger partial charge in [-0.15, -0.1) is 10.2 Å². The summed E-state index contributed by atoms with van der Waals surface area (Å²) in [7, 11) is 0. The number of ketones is 1.